The van der Waals surface area contributed by atoms with E-state index in [0.717, 1.165) is 51.2 Å². The zero-order chi connectivity index (χ0) is 21.9. The zero-order valence-corrected chi connectivity index (χ0v) is 17.9. The van der Waals surface area contributed by atoms with Gasteiger partial charge >= 0.3 is 6.18 Å². The Labute approximate surface area is 176 Å². The Hall–Kier alpha value is -1.67. The Morgan fingerprint density at radius 3 is 2.77 bits per heavy atom. The van der Waals surface area contributed by atoms with Gasteiger partial charge in [0.05, 0.1) is 17.6 Å². The summed E-state index contributed by atoms with van der Waals surface area (Å²) in [6.45, 7) is 7.83. The molecule has 2 heterocycles. The number of nitrogens with one attached hydrogen (secondary N) is 2. The van der Waals surface area contributed by atoms with E-state index in [-0.39, 0.29) is 24.4 Å². The van der Waals surface area contributed by atoms with Crippen LogP contribution in [0.25, 0.3) is 0 Å². The SMILES string of the molecule is CC1COCCC1N[C@@H]1CC[C@@](C(=O)NCc2cncc(C(F)(F)F)c2)(C(C)C)C1. The summed E-state index contributed by atoms with van der Waals surface area (Å²) < 4.78 is 44.2. The van der Waals surface area contributed by atoms with Gasteiger partial charge in [-0.1, -0.05) is 20.8 Å². The molecule has 8 heteroatoms. The number of amides is 1. The smallest absolute Gasteiger partial charge is 0.381 e. The molecule has 1 aromatic heterocycles. The highest BCUT2D eigenvalue weighted by Gasteiger charge is 2.47. The molecule has 0 aromatic carbocycles. The first kappa shape index (κ1) is 23.0. The predicted octanol–water partition coefficient (Wildman–Crippen LogP) is 3.93. The van der Waals surface area contributed by atoms with Crippen molar-refractivity contribution in [3.05, 3.63) is 29.6 Å². The molecule has 4 atom stereocenters. The van der Waals surface area contributed by atoms with Crippen LogP contribution in [0.1, 0.15) is 57.6 Å². The minimum Gasteiger partial charge on any atom is -0.381 e. The molecule has 5 nitrogen and oxygen atoms in total. The zero-order valence-electron chi connectivity index (χ0n) is 17.9. The number of halogens is 3. The van der Waals surface area contributed by atoms with Gasteiger partial charge in [0.1, 0.15) is 0 Å². The Morgan fingerprint density at radius 2 is 2.10 bits per heavy atom. The third-order valence-corrected chi connectivity index (χ3v) is 6.77. The van der Waals surface area contributed by atoms with Gasteiger partial charge in [0.2, 0.25) is 5.91 Å². The third-order valence-electron chi connectivity index (χ3n) is 6.77. The number of ether oxygens (including phenoxy) is 1. The van der Waals surface area contributed by atoms with Gasteiger partial charge in [0.15, 0.2) is 0 Å². The van der Waals surface area contributed by atoms with E-state index in [2.05, 4.69) is 22.5 Å². The van der Waals surface area contributed by atoms with Crippen LogP contribution < -0.4 is 10.6 Å². The van der Waals surface area contributed by atoms with Crippen LogP contribution in [0.4, 0.5) is 13.2 Å². The molecular formula is C22H32F3N3O2. The van der Waals surface area contributed by atoms with Crippen LogP contribution in [0.15, 0.2) is 18.5 Å². The van der Waals surface area contributed by atoms with Gasteiger partial charge in [-0.3, -0.25) is 9.78 Å². The van der Waals surface area contributed by atoms with Crippen molar-refractivity contribution in [1.29, 1.82) is 0 Å². The van der Waals surface area contributed by atoms with E-state index in [1.54, 1.807) is 0 Å². The van der Waals surface area contributed by atoms with Crippen molar-refractivity contribution in [1.82, 2.24) is 15.6 Å². The van der Waals surface area contributed by atoms with Gasteiger partial charge in [-0.2, -0.15) is 13.2 Å². The average Bonchev–Trinajstić information content (AvgIpc) is 3.13. The molecule has 0 radical (unpaired) electrons. The highest BCUT2D eigenvalue weighted by atomic mass is 19.4. The maximum absolute atomic E-state index is 13.2. The van der Waals surface area contributed by atoms with Gasteiger partial charge in [0.25, 0.3) is 0 Å². The molecule has 0 spiro atoms. The van der Waals surface area contributed by atoms with Crippen molar-refractivity contribution in [2.75, 3.05) is 13.2 Å². The maximum Gasteiger partial charge on any atom is 0.417 e. The molecule has 1 aliphatic heterocycles. The fraction of sp³-hybridized carbons (Fsp3) is 0.727. The molecule has 0 bridgehead atoms. The number of rotatable bonds is 6. The summed E-state index contributed by atoms with van der Waals surface area (Å²) in [6.07, 6.45) is 1.11. The number of nitrogens with zero attached hydrogens (tertiary/aromatic N) is 1. The number of carbonyl (C=O) groups excluding carboxylic acids is 1. The molecule has 1 amide bonds. The van der Waals surface area contributed by atoms with E-state index in [4.69, 9.17) is 4.74 Å². The van der Waals surface area contributed by atoms with Crippen LogP contribution in [0.3, 0.4) is 0 Å². The van der Waals surface area contributed by atoms with E-state index >= 15 is 0 Å². The lowest BCUT2D eigenvalue weighted by Gasteiger charge is -2.35. The van der Waals surface area contributed by atoms with E-state index in [1.807, 2.05) is 13.8 Å². The molecule has 2 fully saturated rings. The van der Waals surface area contributed by atoms with Gasteiger partial charge in [-0.15, -0.1) is 0 Å². The summed E-state index contributed by atoms with van der Waals surface area (Å²) in [5.74, 6) is 0.491. The van der Waals surface area contributed by atoms with Gasteiger partial charge in [-0.25, -0.2) is 0 Å². The van der Waals surface area contributed by atoms with Crippen molar-refractivity contribution in [3.8, 4) is 0 Å². The van der Waals surface area contributed by atoms with Crippen molar-refractivity contribution in [2.45, 2.75) is 71.3 Å². The monoisotopic (exact) mass is 427 g/mol. The topological polar surface area (TPSA) is 63.2 Å². The molecule has 2 unspecified atom stereocenters. The first-order valence-electron chi connectivity index (χ1n) is 10.7. The van der Waals surface area contributed by atoms with E-state index in [9.17, 15) is 18.0 Å². The quantitative estimate of drug-likeness (QED) is 0.722. The first-order valence-corrected chi connectivity index (χ1v) is 10.7. The lowest BCUT2D eigenvalue weighted by Crippen LogP contribution is -2.48. The number of pyridine rings is 1. The minimum atomic E-state index is -4.45. The lowest BCUT2D eigenvalue weighted by molar-refractivity contribution is -0.137. The van der Waals surface area contributed by atoms with Gasteiger partial charge in [-0.05, 0) is 49.1 Å². The fourth-order valence-electron chi connectivity index (χ4n) is 4.74. The van der Waals surface area contributed by atoms with E-state index < -0.39 is 17.2 Å². The number of aromatic nitrogens is 1. The Bertz CT molecular complexity index is 741. The summed E-state index contributed by atoms with van der Waals surface area (Å²) >= 11 is 0. The van der Waals surface area contributed by atoms with Crippen molar-refractivity contribution in [2.24, 2.45) is 17.3 Å². The number of hydrogen-bond donors (Lipinski definition) is 2. The summed E-state index contributed by atoms with van der Waals surface area (Å²) in [5, 5.41) is 6.62. The first-order chi connectivity index (χ1) is 14.1. The van der Waals surface area contributed by atoms with Crippen molar-refractivity contribution in [3.63, 3.8) is 0 Å². The summed E-state index contributed by atoms with van der Waals surface area (Å²) in [7, 11) is 0. The van der Waals surface area contributed by atoms with Crippen LogP contribution in [-0.2, 0) is 22.3 Å². The highest BCUT2D eigenvalue weighted by molar-refractivity contribution is 5.83. The Kier molecular flexibility index (Phi) is 7.07. The number of hydrogen-bond acceptors (Lipinski definition) is 4. The van der Waals surface area contributed by atoms with Gasteiger partial charge in [0, 0.05) is 37.6 Å². The summed E-state index contributed by atoms with van der Waals surface area (Å²) in [4.78, 5) is 16.8. The Balaban J connectivity index is 1.62. The van der Waals surface area contributed by atoms with Crippen molar-refractivity contribution >= 4 is 5.91 Å². The molecule has 2 N–H and O–H groups in total. The maximum atomic E-state index is 13.2. The lowest BCUT2D eigenvalue weighted by atomic mass is 9.74. The molecule has 1 aromatic rings. The number of alkyl halides is 3. The normalized spacial score (nSPS) is 29.9. The van der Waals surface area contributed by atoms with Crippen LogP contribution in [-0.4, -0.2) is 36.2 Å². The van der Waals surface area contributed by atoms with Gasteiger partial charge < -0.3 is 15.4 Å². The molecule has 168 valence electrons. The molecule has 3 rings (SSSR count). The largest absolute Gasteiger partial charge is 0.417 e. The van der Waals surface area contributed by atoms with E-state index in [1.165, 1.54) is 6.20 Å². The standard InChI is InChI=1S/C22H32F3N3O2/c1-14(2)21(6-4-18(9-21)28-19-5-7-30-13-15(19)3)20(29)27-11-16-8-17(12-26-10-16)22(23,24)25/h8,10,12,14-15,18-19,28H,4-7,9,11,13H2,1-3H3,(H,27,29)/t15?,18-,19?,21+/m1/s1. The third kappa shape index (κ3) is 5.14. The predicted molar refractivity (Wildman–Crippen MR) is 108 cm³/mol. The van der Waals surface area contributed by atoms with Crippen LogP contribution in [0, 0.1) is 17.3 Å². The second-order valence-corrected chi connectivity index (χ2v) is 9.13. The molecule has 1 saturated heterocycles. The summed E-state index contributed by atoms with van der Waals surface area (Å²) in [6, 6.07) is 1.70. The fourth-order valence-corrected chi connectivity index (χ4v) is 4.74. The molecule has 30 heavy (non-hydrogen) atoms. The molecule has 2 aliphatic rings. The molecule has 1 aliphatic carbocycles. The minimum absolute atomic E-state index is 0.0410. The van der Waals surface area contributed by atoms with Crippen LogP contribution in [0.5, 0.6) is 0 Å². The highest BCUT2D eigenvalue weighted by Crippen LogP contribution is 2.45. The second-order valence-electron chi connectivity index (χ2n) is 9.13. The number of carbonyl (C=O) groups is 1. The van der Waals surface area contributed by atoms with Crippen LogP contribution >= 0.6 is 0 Å². The van der Waals surface area contributed by atoms with Crippen LogP contribution in [0.2, 0.25) is 0 Å². The summed E-state index contributed by atoms with van der Waals surface area (Å²) in [5.41, 5.74) is -0.967. The Morgan fingerprint density at radius 1 is 1.33 bits per heavy atom. The van der Waals surface area contributed by atoms with Crippen molar-refractivity contribution < 1.29 is 22.7 Å². The second kappa shape index (κ2) is 9.22. The molecular weight excluding hydrogens is 395 g/mol. The van der Waals surface area contributed by atoms with E-state index in [0.29, 0.717) is 17.5 Å². The molecule has 1 saturated carbocycles. The average molecular weight is 428 g/mol.